The summed E-state index contributed by atoms with van der Waals surface area (Å²) in [5.41, 5.74) is -3.85. The molecule has 11 heteroatoms. The molecule has 5 aliphatic rings. The van der Waals surface area contributed by atoms with Gasteiger partial charge >= 0.3 is 17.9 Å². The summed E-state index contributed by atoms with van der Waals surface area (Å²) in [7, 11) is 1.06. The molecule has 2 N–H and O–H groups in total. The van der Waals surface area contributed by atoms with Crippen LogP contribution >= 0.6 is 0 Å². The summed E-state index contributed by atoms with van der Waals surface area (Å²) < 4.78 is 22.3. The molecule has 9 atom stereocenters. The van der Waals surface area contributed by atoms with E-state index < -0.39 is 82.0 Å². The Balaban J connectivity index is 1.75. The number of fused-ring (bicyclic) bond motifs is 2. The van der Waals surface area contributed by atoms with E-state index in [4.69, 9.17) is 18.9 Å². The number of ether oxygens (including phenoxy) is 4. The lowest BCUT2D eigenvalue weighted by molar-refractivity contribution is -0.255. The molecule has 0 amide bonds. The van der Waals surface area contributed by atoms with E-state index in [0.29, 0.717) is 11.1 Å². The Morgan fingerprint density at radius 1 is 1.19 bits per heavy atom. The molecule has 2 bridgehead atoms. The minimum Gasteiger partial charge on any atom is -0.504 e. The molecule has 5 rings (SSSR count). The fourth-order valence-corrected chi connectivity index (χ4v) is 7.98. The smallest absolute Gasteiger partial charge is 0.348 e. The highest BCUT2D eigenvalue weighted by Gasteiger charge is 2.85. The van der Waals surface area contributed by atoms with Gasteiger partial charge < -0.3 is 29.2 Å². The lowest BCUT2D eigenvalue weighted by atomic mass is 9.38. The van der Waals surface area contributed by atoms with Crippen molar-refractivity contribution in [2.75, 3.05) is 13.7 Å². The fraction of sp³-hybridized carbons (Fsp3) is 0.654. The van der Waals surface area contributed by atoms with Crippen LogP contribution in [0.2, 0.25) is 0 Å². The highest BCUT2D eigenvalue weighted by atomic mass is 16.6. The van der Waals surface area contributed by atoms with Gasteiger partial charge in [-0.3, -0.25) is 9.59 Å². The van der Waals surface area contributed by atoms with E-state index in [-0.39, 0.29) is 25.2 Å². The van der Waals surface area contributed by atoms with Crippen LogP contribution in [0.3, 0.4) is 0 Å². The Morgan fingerprint density at radius 2 is 1.86 bits per heavy atom. The molecule has 2 heterocycles. The minimum absolute atomic E-state index is 0.136. The van der Waals surface area contributed by atoms with E-state index in [9.17, 15) is 34.2 Å². The first-order valence-corrected chi connectivity index (χ1v) is 12.2. The molecule has 37 heavy (non-hydrogen) atoms. The summed E-state index contributed by atoms with van der Waals surface area (Å²) in [6, 6.07) is 0. The van der Waals surface area contributed by atoms with Gasteiger partial charge in [-0.25, -0.2) is 14.4 Å². The first-order chi connectivity index (χ1) is 17.3. The molecule has 2 saturated heterocycles. The van der Waals surface area contributed by atoms with Gasteiger partial charge in [0, 0.05) is 18.4 Å². The monoisotopic (exact) mass is 518 g/mol. The standard InChI is InChI=1S/C26H30O11/c1-10(2)6-15(28)37-18-20-25-9-35-26(20,23(33)34-5)21(31)17(30)19(25)24(4)8-13(27)16(29)11(3)12(24)7-14(25)36-22(18)32/h6,12,14,18-21,29,31H,7-9H2,1-5H3/t12-,14+,18+,19+,20+,21-,24-,25+,26-/m0/s1. The fourth-order valence-electron chi connectivity index (χ4n) is 7.98. The molecule has 11 nitrogen and oxygen atoms in total. The highest BCUT2D eigenvalue weighted by Crippen LogP contribution is 2.71. The second-order valence-electron chi connectivity index (χ2n) is 11.3. The average molecular weight is 519 g/mol. The Bertz CT molecular complexity index is 1190. The number of methoxy groups -OCH3 is 1. The number of allylic oxidation sites excluding steroid dienone is 3. The SMILES string of the molecule is COC(=O)[C@@]12OC[C@]34[C@H](C(=O)[C@@H]1O)[C@@]1(C)CC(=O)C(O)=C(C)[C@@H]1C[C@H]3OC(=O)[C@H](OC(=O)C=C(C)C)[C@@H]24. The Labute approximate surface area is 212 Å². The van der Waals surface area contributed by atoms with Crippen LogP contribution in [-0.4, -0.2) is 77.3 Å². The number of carbonyl (C=O) groups excluding carboxylic acids is 5. The molecule has 0 aromatic carbocycles. The lowest BCUT2D eigenvalue weighted by Gasteiger charge is -2.65. The summed E-state index contributed by atoms with van der Waals surface area (Å²) in [4.78, 5) is 66.1. The predicted molar refractivity (Wildman–Crippen MR) is 121 cm³/mol. The van der Waals surface area contributed by atoms with Crippen molar-refractivity contribution >= 4 is 29.5 Å². The van der Waals surface area contributed by atoms with Crippen LogP contribution in [0.4, 0.5) is 0 Å². The zero-order chi connectivity index (χ0) is 27.2. The average Bonchev–Trinajstić information content (AvgIpc) is 3.12. The van der Waals surface area contributed by atoms with Crippen molar-refractivity contribution < 1.29 is 53.1 Å². The lowest BCUT2D eigenvalue weighted by Crippen LogP contribution is -2.78. The molecule has 0 unspecified atom stereocenters. The van der Waals surface area contributed by atoms with Gasteiger partial charge in [0.15, 0.2) is 23.4 Å². The molecule has 0 aromatic rings. The highest BCUT2D eigenvalue weighted by molar-refractivity contribution is 6.01. The quantitative estimate of drug-likeness (QED) is 0.307. The largest absolute Gasteiger partial charge is 0.504 e. The second-order valence-corrected chi connectivity index (χ2v) is 11.3. The number of hydrogen-bond donors (Lipinski definition) is 2. The first-order valence-electron chi connectivity index (χ1n) is 12.2. The van der Waals surface area contributed by atoms with Crippen molar-refractivity contribution in [3.63, 3.8) is 0 Å². The van der Waals surface area contributed by atoms with E-state index in [1.54, 1.807) is 27.7 Å². The van der Waals surface area contributed by atoms with Crippen LogP contribution in [0, 0.1) is 28.6 Å². The zero-order valence-electron chi connectivity index (χ0n) is 21.2. The van der Waals surface area contributed by atoms with Gasteiger partial charge in [0.2, 0.25) is 11.7 Å². The summed E-state index contributed by atoms with van der Waals surface area (Å²) in [5.74, 6) is -7.54. The normalized spacial score (nSPS) is 43.9. The number of carbonyl (C=O) groups is 5. The van der Waals surface area contributed by atoms with E-state index in [1.807, 2.05) is 0 Å². The van der Waals surface area contributed by atoms with Crippen molar-refractivity contribution in [1.82, 2.24) is 0 Å². The molecule has 1 spiro atoms. The molecule has 2 saturated carbocycles. The molecule has 200 valence electrons. The molecule has 2 aliphatic heterocycles. The van der Waals surface area contributed by atoms with Gasteiger partial charge in [0.1, 0.15) is 6.10 Å². The van der Waals surface area contributed by atoms with E-state index in [0.717, 1.165) is 7.11 Å². The maximum absolute atomic E-state index is 14.0. The number of rotatable bonds is 3. The van der Waals surface area contributed by atoms with Crippen LogP contribution in [0.5, 0.6) is 0 Å². The molecule has 0 aromatic heterocycles. The molecule has 3 aliphatic carbocycles. The third-order valence-electron chi connectivity index (χ3n) is 9.25. The third-order valence-corrected chi connectivity index (χ3v) is 9.25. The van der Waals surface area contributed by atoms with Crippen LogP contribution in [-0.2, 0) is 42.9 Å². The number of ketones is 2. The van der Waals surface area contributed by atoms with Gasteiger partial charge in [0.05, 0.1) is 25.0 Å². The van der Waals surface area contributed by atoms with Crippen molar-refractivity contribution in [1.29, 1.82) is 0 Å². The van der Waals surface area contributed by atoms with Crippen molar-refractivity contribution in [3.05, 3.63) is 23.0 Å². The number of Topliss-reactive ketones (excluding diaryl/α,β-unsaturated/α-hetero) is 2. The van der Waals surface area contributed by atoms with Crippen molar-refractivity contribution in [2.24, 2.45) is 28.6 Å². The Kier molecular flexibility index (Phi) is 5.52. The van der Waals surface area contributed by atoms with E-state index in [1.165, 1.54) is 6.08 Å². The van der Waals surface area contributed by atoms with Crippen LogP contribution in [0.15, 0.2) is 23.0 Å². The number of hydrogen-bond acceptors (Lipinski definition) is 11. The predicted octanol–water partition coefficient (Wildman–Crippen LogP) is 0.725. The van der Waals surface area contributed by atoms with Crippen LogP contribution in [0.1, 0.15) is 40.5 Å². The molecular weight excluding hydrogens is 488 g/mol. The first kappa shape index (κ1) is 25.6. The summed E-state index contributed by atoms with van der Waals surface area (Å²) in [6.45, 7) is 6.36. The second kappa shape index (κ2) is 7.97. The summed E-state index contributed by atoms with van der Waals surface area (Å²) in [5, 5.41) is 21.8. The van der Waals surface area contributed by atoms with Gasteiger partial charge in [-0.1, -0.05) is 12.5 Å². The molecule has 0 radical (unpaired) electrons. The number of esters is 3. The van der Waals surface area contributed by atoms with Crippen LogP contribution in [0.25, 0.3) is 0 Å². The van der Waals surface area contributed by atoms with Crippen molar-refractivity contribution in [2.45, 2.75) is 64.4 Å². The summed E-state index contributed by atoms with van der Waals surface area (Å²) in [6.07, 6.45) is -3.63. The molecule has 4 fully saturated rings. The third kappa shape index (κ3) is 2.98. The minimum atomic E-state index is -2.31. The Hall–Kier alpha value is -3.05. The van der Waals surface area contributed by atoms with E-state index >= 15 is 0 Å². The summed E-state index contributed by atoms with van der Waals surface area (Å²) >= 11 is 0. The zero-order valence-corrected chi connectivity index (χ0v) is 21.2. The van der Waals surface area contributed by atoms with Crippen LogP contribution < -0.4 is 0 Å². The number of aliphatic hydroxyl groups excluding tert-OH is 2. The maximum atomic E-state index is 14.0. The van der Waals surface area contributed by atoms with Gasteiger partial charge in [0.25, 0.3) is 0 Å². The van der Waals surface area contributed by atoms with Crippen molar-refractivity contribution in [3.8, 4) is 0 Å². The topological polar surface area (TPSA) is 163 Å². The maximum Gasteiger partial charge on any atom is 0.348 e. The van der Waals surface area contributed by atoms with Gasteiger partial charge in [-0.15, -0.1) is 0 Å². The van der Waals surface area contributed by atoms with Gasteiger partial charge in [-0.2, -0.15) is 0 Å². The molecular formula is C26H30O11. The number of aliphatic hydroxyl groups is 2. The Morgan fingerprint density at radius 3 is 2.49 bits per heavy atom. The van der Waals surface area contributed by atoms with E-state index in [2.05, 4.69) is 0 Å². The van der Waals surface area contributed by atoms with Gasteiger partial charge in [-0.05, 0) is 44.1 Å².